The highest BCUT2D eigenvalue weighted by Gasteiger charge is 2.16. The molecule has 1 atom stereocenters. The van der Waals surface area contributed by atoms with Gasteiger partial charge in [-0.05, 0) is 61.2 Å². The lowest BCUT2D eigenvalue weighted by Crippen LogP contribution is -2.07. The van der Waals surface area contributed by atoms with Crippen molar-refractivity contribution in [2.75, 3.05) is 0 Å². The lowest BCUT2D eigenvalue weighted by atomic mass is 9.92. The molecule has 0 spiro atoms. The van der Waals surface area contributed by atoms with Crippen LogP contribution in [0, 0.1) is 20.8 Å². The second-order valence-corrected chi connectivity index (χ2v) is 6.11. The first-order valence-corrected chi connectivity index (χ1v) is 7.34. The van der Waals surface area contributed by atoms with Gasteiger partial charge < -0.3 is 5.11 Å². The Labute approximate surface area is 130 Å². The van der Waals surface area contributed by atoms with Crippen molar-refractivity contribution in [3.8, 4) is 0 Å². The summed E-state index contributed by atoms with van der Waals surface area (Å²) in [5.74, 6) is 0. The SMILES string of the molecule is Cc1cc(C)c(C(O)Cc2cc(Cl)ccc2Cl)c(C)c1. The van der Waals surface area contributed by atoms with Gasteiger partial charge in [-0.25, -0.2) is 0 Å². The van der Waals surface area contributed by atoms with Crippen molar-refractivity contribution in [2.24, 2.45) is 0 Å². The Morgan fingerprint density at radius 2 is 1.60 bits per heavy atom. The van der Waals surface area contributed by atoms with Crippen LogP contribution in [0.2, 0.25) is 10.0 Å². The van der Waals surface area contributed by atoms with E-state index < -0.39 is 6.10 Å². The van der Waals surface area contributed by atoms with Crippen molar-refractivity contribution in [1.82, 2.24) is 0 Å². The normalized spacial score (nSPS) is 12.5. The number of hydrogen-bond acceptors (Lipinski definition) is 1. The molecular weight excluding hydrogens is 291 g/mol. The third-order valence-corrected chi connectivity index (χ3v) is 4.10. The molecule has 2 aromatic rings. The molecule has 106 valence electrons. The third-order valence-electron chi connectivity index (χ3n) is 3.49. The molecule has 0 radical (unpaired) electrons. The van der Waals surface area contributed by atoms with Crippen molar-refractivity contribution in [3.63, 3.8) is 0 Å². The standard InChI is InChI=1S/C17H18Cl2O/c1-10-6-11(2)17(12(3)7-10)16(20)9-13-8-14(18)4-5-15(13)19/h4-8,16,20H,9H2,1-3H3. The largest absolute Gasteiger partial charge is 0.388 e. The molecule has 3 heteroatoms. The highest BCUT2D eigenvalue weighted by Crippen LogP contribution is 2.29. The summed E-state index contributed by atoms with van der Waals surface area (Å²) in [6.07, 6.45) is -0.115. The minimum Gasteiger partial charge on any atom is -0.388 e. The van der Waals surface area contributed by atoms with E-state index in [0.717, 1.165) is 22.3 Å². The summed E-state index contributed by atoms with van der Waals surface area (Å²) in [6.45, 7) is 6.11. The van der Waals surface area contributed by atoms with E-state index in [9.17, 15) is 5.11 Å². The number of aliphatic hydroxyl groups is 1. The molecule has 0 aliphatic carbocycles. The van der Waals surface area contributed by atoms with Crippen LogP contribution in [0.25, 0.3) is 0 Å². The Hall–Kier alpha value is -1.02. The molecule has 1 N–H and O–H groups in total. The predicted molar refractivity (Wildman–Crippen MR) is 85.8 cm³/mol. The van der Waals surface area contributed by atoms with Crippen LogP contribution in [0.4, 0.5) is 0 Å². The molecule has 1 unspecified atom stereocenters. The Kier molecular flexibility index (Phi) is 4.74. The lowest BCUT2D eigenvalue weighted by molar-refractivity contribution is 0.177. The highest BCUT2D eigenvalue weighted by molar-refractivity contribution is 6.33. The molecule has 0 aromatic heterocycles. The number of halogens is 2. The summed E-state index contributed by atoms with van der Waals surface area (Å²) < 4.78 is 0. The monoisotopic (exact) mass is 308 g/mol. The Morgan fingerprint density at radius 3 is 2.20 bits per heavy atom. The highest BCUT2D eigenvalue weighted by atomic mass is 35.5. The fourth-order valence-corrected chi connectivity index (χ4v) is 3.12. The average Bonchev–Trinajstić information content (AvgIpc) is 2.32. The summed E-state index contributed by atoms with van der Waals surface area (Å²) in [7, 11) is 0. The molecular formula is C17H18Cl2O. The third kappa shape index (κ3) is 3.35. The second-order valence-electron chi connectivity index (χ2n) is 5.27. The van der Waals surface area contributed by atoms with E-state index in [1.165, 1.54) is 5.56 Å². The van der Waals surface area contributed by atoms with Gasteiger partial charge in [0.1, 0.15) is 0 Å². The maximum Gasteiger partial charge on any atom is 0.0836 e. The summed E-state index contributed by atoms with van der Waals surface area (Å²) in [6, 6.07) is 9.51. The second kappa shape index (κ2) is 6.17. The van der Waals surface area contributed by atoms with Crippen LogP contribution in [-0.4, -0.2) is 5.11 Å². The van der Waals surface area contributed by atoms with Gasteiger partial charge in [-0.15, -0.1) is 0 Å². The van der Waals surface area contributed by atoms with Crippen LogP contribution in [-0.2, 0) is 6.42 Å². The first-order chi connectivity index (χ1) is 9.38. The van der Waals surface area contributed by atoms with E-state index >= 15 is 0 Å². The van der Waals surface area contributed by atoms with Gasteiger partial charge in [0.2, 0.25) is 0 Å². The molecule has 0 aliphatic heterocycles. The van der Waals surface area contributed by atoms with Gasteiger partial charge in [-0.2, -0.15) is 0 Å². The number of rotatable bonds is 3. The minimum absolute atomic E-state index is 0.462. The van der Waals surface area contributed by atoms with Crippen LogP contribution < -0.4 is 0 Å². The molecule has 0 heterocycles. The smallest absolute Gasteiger partial charge is 0.0836 e. The van der Waals surface area contributed by atoms with Crippen LogP contribution in [0.3, 0.4) is 0 Å². The van der Waals surface area contributed by atoms with Crippen LogP contribution >= 0.6 is 23.2 Å². The molecule has 1 nitrogen and oxygen atoms in total. The van der Waals surface area contributed by atoms with Gasteiger partial charge in [-0.1, -0.05) is 40.9 Å². The fraction of sp³-hybridized carbons (Fsp3) is 0.294. The van der Waals surface area contributed by atoms with Gasteiger partial charge in [-0.3, -0.25) is 0 Å². The minimum atomic E-state index is -0.577. The van der Waals surface area contributed by atoms with Crippen molar-refractivity contribution in [2.45, 2.75) is 33.3 Å². The first-order valence-electron chi connectivity index (χ1n) is 6.58. The number of benzene rings is 2. The van der Waals surface area contributed by atoms with E-state index in [2.05, 4.69) is 19.1 Å². The van der Waals surface area contributed by atoms with Crippen molar-refractivity contribution >= 4 is 23.2 Å². The quantitative estimate of drug-likeness (QED) is 0.826. The molecule has 0 saturated heterocycles. The summed E-state index contributed by atoms with van der Waals surface area (Å²) in [4.78, 5) is 0. The number of aliphatic hydroxyl groups excluding tert-OH is 1. The van der Waals surface area contributed by atoms with Crippen LogP contribution in [0.5, 0.6) is 0 Å². The molecule has 0 fully saturated rings. The summed E-state index contributed by atoms with van der Waals surface area (Å²) in [5, 5.41) is 11.8. The summed E-state index contributed by atoms with van der Waals surface area (Å²) >= 11 is 12.2. The van der Waals surface area contributed by atoms with E-state index in [1.807, 2.05) is 19.9 Å². The summed E-state index contributed by atoms with van der Waals surface area (Å²) in [5.41, 5.74) is 5.26. The fourth-order valence-electron chi connectivity index (χ4n) is 2.73. The first kappa shape index (κ1) is 15.4. The van der Waals surface area contributed by atoms with Crippen molar-refractivity contribution in [3.05, 3.63) is 68.2 Å². The molecule has 0 amide bonds. The maximum atomic E-state index is 10.5. The van der Waals surface area contributed by atoms with E-state index in [4.69, 9.17) is 23.2 Å². The molecule has 2 rings (SSSR count). The average molecular weight is 309 g/mol. The Balaban J connectivity index is 2.33. The van der Waals surface area contributed by atoms with Crippen molar-refractivity contribution < 1.29 is 5.11 Å². The number of hydrogen-bond donors (Lipinski definition) is 1. The van der Waals surface area contributed by atoms with Gasteiger partial charge in [0, 0.05) is 16.5 Å². The molecule has 2 aromatic carbocycles. The van der Waals surface area contributed by atoms with Crippen molar-refractivity contribution in [1.29, 1.82) is 0 Å². The van der Waals surface area contributed by atoms with Gasteiger partial charge in [0.05, 0.1) is 6.10 Å². The van der Waals surface area contributed by atoms with E-state index in [-0.39, 0.29) is 0 Å². The lowest BCUT2D eigenvalue weighted by Gasteiger charge is -2.18. The number of aryl methyl sites for hydroxylation is 3. The van der Waals surface area contributed by atoms with Crippen LogP contribution in [0.15, 0.2) is 30.3 Å². The topological polar surface area (TPSA) is 20.2 Å². The van der Waals surface area contributed by atoms with Gasteiger partial charge in [0.25, 0.3) is 0 Å². The predicted octanol–water partition coefficient (Wildman–Crippen LogP) is 5.19. The van der Waals surface area contributed by atoms with Crippen LogP contribution in [0.1, 0.15) is 33.9 Å². The zero-order chi connectivity index (χ0) is 14.9. The van der Waals surface area contributed by atoms with Gasteiger partial charge >= 0.3 is 0 Å². The Bertz CT molecular complexity index is 612. The zero-order valence-electron chi connectivity index (χ0n) is 11.9. The maximum absolute atomic E-state index is 10.5. The molecule has 0 saturated carbocycles. The Morgan fingerprint density at radius 1 is 1.00 bits per heavy atom. The molecule has 0 bridgehead atoms. The molecule has 20 heavy (non-hydrogen) atoms. The van der Waals surface area contributed by atoms with E-state index in [0.29, 0.717) is 16.5 Å². The van der Waals surface area contributed by atoms with Gasteiger partial charge in [0.15, 0.2) is 0 Å². The molecule has 0 aliphatic rings. The van der Waals surface area contributed by atoms with E-state index in [1.54, 1.807) is 12.1 Å². The zero-order valence-corrected chi connectivity index (χ0v) is 13.4.